The van der Waals surface area contributed by atoms with Crippen LogP contribution in [-0.2, 0) is 11.3 Å². The molecule has 0 radical (unpaired) electrons. The summed E-state index contributed by atoms with van der Waals surface area (Å²) in [5.74, 6) is 0.215. The maximum Gasteiger partial charge on any atom is 0.267 e. The fraction of sp³-hybridized carbons (Fsp3) is 0.300. The Kier molecular flexibility index (Phi) is 6.36. The van der Waals surface area contributed by atoms with Gasteiger partial charge in [0.25, 0.3) is 5.91 Å². The van der Waals surface area contributed by atoms with Gasteiger partial charge < -0.3 is 21.1 Å². The highest BCUT2D eigenvalue weighted by atomic mass is 32.1. The monoisotopic (exact) mass is 428 g/mol. The molecule has 0 atom stereocenters. The molecule has 158 valence electrons. The summed E-state index contributed by atoms with van der Waals surface area (Å²) in [4.78, 5) is 29.0. The SMILES string of the molecule is Cc1ccc(O)c(C)c1NC(=O)c1cnc(Nc2ccn(CC(=O)NC(C)C)n2)s1. The minimum absolute atomic E-state index is 0.0676. The van der Waals surface area contributed by atoms with Crippen molar-refractivity contribution >= 4 is 39.8 Å². The molecule has 0 aliphatic rings. The minimum Gasteiger partial charge on any atom is -0.508 e. The molecule has 2 amide bonds. The first-order valence-electron chi connectivity index (χ1n) is 9.39. The quantitative estimate of drug-likeness (QED) is 0.459. The third-order valence-corrected chi connectivity index (χ3v) is 5.16. The van der Waals surface area contributed by atoms with Gasteiger partial charge in [-0.15, -0.1) is 0 Å². The second-order valence-corrected chi connectivity index (χ2v) is 8.16. The topological polar surface area (TPSA) is 121 Å². The van der Waals surface area contributed by atoms with E-state index in [-0.39, 0.29) is 30.2 Å². The molecule has 10 heteroatoms. The number of anilines is 3. The Bertz CT molecular complexity index is 1070. The van der Waals surface area contributed by atoms with E-state index in [0.717, 1.165) is 5.56 Å². The minimum atomic E-state index is -0.312. The van der Waals surface area contributed by atoms with Crippen LogP contribution in [0, 0.1) is 13.8 Å². The Morgan fingerprint density at radius 2 is 2.00 bits per heavy atom. The molecule has 1 aromatic carbocycles. The van der Waals surface area contributed by atoms with Gasteiger partial charge in [0, 0.05) is 23.9 Å². The fourth-order valence-electron chi connectivity index (χ4n) is 2.78. The van der Waals surface area contributed by atoms with Gasteiger partial charge in [-0.25, -0.2) is 4.98 Å². The van der Waals surface area contributed by atoms with Crippen molar-refractivity contribution in [3.05, 3.63) is 46.6 Å². The molecule has 30 heavy (non-hydrogen) atoms. The van der Waals surface area contributed by atoms with Crippen LogP contribution in [0.4, 0.5) is 16.6 Å². The number of nitrogens with one attached hydrogen (secondary N) is 3. The number of carbonyl (C=O) groups excluding carboxylic acids is 2. The molecule has 0 aliphatic carbocycles. The van der Waals surface area contributed by atoms with Crippen molar-refractivity contribution in [2.45, 2.75) is 40.3 Å². The predicted octanol–water partition coefficient (Wildman–Crippen LogP) is 3.18. The number of amides is 2. The lowest BCUT2D eigenvalue weighted by molar-refractivity contribution is -0.122. The Morgan fingerprint density at radius 3 is 2.73 bits per heavy atom. The molecule has 4 N–H and O–H groups in total. The van der Waals surface area contributed by atoms with Crippen LogP contribution in [0.3, 0.4) is 0 Å². The third-order valence-electron chi connectivity index (χ3n) is 4.24. The van der Waals surface area contributed by atoms with E-state index in [1.165, 1.54) is 22.2 Å². The zero-order valence-electron chi connectivity index (χ0n) is 17.2. The first-order chi connectivity index (χ1) is 14.2. The molecular formula is C20H24N6O3S. The molecule has 0 bridgehead atoms. The number of nitrogens with zero attached hydrogens (tertiary/aromatic N) is 3. The van der Waals surface area contributed by atoms with Gasteiger partial charge in [-0.3, -0.25) is 14.3 Å². The second-order valence-electron chi connectivity index (χ2n) is 7.13. The molecular weight excluding hydrogens is 404 g/mol. The molecule has 0 unspecified atom stereocenters. The van der Waals surface area contributed by atoms with Gasteiger partial charge in [-0.2, -0.15) is 5.10 Å². The van der Waals surface area contributed by atoms with Gasteiger partial charge in [0.05, 0.1) is 11.9 Å². The summed E-state index contributed by atoms with van der Waals surface area (Å²) in [5, 5.41) is 23.3. The van der Waals surface area contributed by atoms with Crippen molar-refractivity contribution in [3.63, 3.8) is 0 Å². The van der Waals surface area contributed by atoms with E-state index < -0.39 is 0 Å². The van der Waals surface area contributed by atoms with Crippen molar-refractivity contribution in [2.75, 3.05) is 10.6 Å². The number of aryl methyl sites for hydroxylation is 1. The molecule has 0 saturated heterocycles. The zero-order valence-corrected chi connectivity index (χ0v) is 18.0. The lowest BCUT2D eigenvalue weighted by atomic mass is 10.1. The van der Waals surface area contributed by atoms with Crippen LogP contribution in [0.5, 0.6) is 5.75 Å². The average Bonchev–Trinajstić information content (AvgIpc) is 3.31. The number of benzene rings is 1. The van der Waals surface area contributed by atoms with Gasteiger partial charge in [0.1, 0.15) is 17.2 Å². The highest BCUT2D eigenvalue weighted by Crippen LogP contribution is 2.29. The average molecular weight is 429 g/mol. The first kappa shape index (κ1) is 21.3. The smallest absolute Gasteiger partial charge is 0.267 e. The largest absolute Gasteiger partial charge is 0.508 e. The van der Waals surface area contributed by atoms with Crippen LogP contribution in [0.25, 0.3) is 0 Å². The number of carbonyl (C=O) groups is 2. The van der Waals surface area contributed by atoms with E-state index in [1.54, 1.807) is 31.3 Å². The molecule has 2 heterocycles. The van der Waals surface area contributed by atoms with Gasteiger partial charge in [-0.05, 0) is 39.3 Å². The van der Waals surface area contributed by atoms with Gasteiger partial charge in [0.15, 0.2) is 10.9 Å². The fourth-order valence-corrected chi connectivity index (χ4v) is 3.50. The summed E-state index contributed by atoms with van der Waals surface area (Å²) in [6.07, 6.45) is 3.17. The number of rotatable bonds is 7. The summed E-state index contributed by atoms with van der Waals surface area (Å²) in [7, 11) is 0. The van der Waals surface area contributed by atoms with Gasteiger partial charge >= 0.3 is 0 Å². The van der Waals surface area contributed by atoms with Crippen LogP contribution in [0.2, 0.25) is 0 Å². The van der Waals surface area contributed by atoms with E-state index in [9.17, 15) is 14.7 Å². The lowest BCUT2D eigenvalue weighted by Crippen LogP contribution is -2.33. The molecule has 0 saturated carbocycles. The lowest BCUT2D eigenvalue weighted by Gasteiger charge is -2.11. The van der Waals surface area contributed by atoms with Gasteiger partial charge in [-0.1, -0.05) is 17.4 Å². The van der Waals surface area contributed by atoms with E-state index in [0.29, 0.717) is 27.1 Å². The van der Waals surface area contributed by atoms with Crippen LogP contribution in [-0.4, -0.2) is 37.7 Å². The highest BCUT2D eigenvalue weighted by molar-refractivity contribution is 7.17. The molecule has 9 nitrogen and oxygen atoms in total. The van der Waals surface area contributed by atoms with E-state index in [1.807, 2.05) is 20.8 Å². The molecule has 0 aliphatic heterocycles. The summed E-state index contributed by atoms with van der Waals surface area (Å²) in [6.45, 7) is 7.52. The number of aromatic hydroxyl groups is 1. The molecule has 0 fully saturated rings. The molecule has 3 rings (SSSR count). The van der Waals surface area contributed by atoms with Crippen molar-refractivity contribution in [3.8, 4) is 5.75 Å². The number of aromatic nitrogens is 3. The molecule has 2 aromatic heterocycles. The van der Waals surface area contributed by atoms with E-state index in [2.05, 4.69) is 26.0 Å². The van der Waals surface area contributed by atoms with Crippen molar-refractivity contribution in [1.29, 1.82) is 0 Å². The van der Waals surface area contributed by atoms with E-state index >= 15 is 0 Å². The number of hydrogen-bond donors (Lipinski definition) is 4. The highest BCUT2D eigenvalue weighted by Gasteiger charge is 2.15. The predicted molar refractivity (Wildman–Crippen MR) is 116 cm³/mol. The normalized spacial score (nSPS) is 10.8. The summed E-state index contributed by atoms with van der Waals surface area (Å²) < 4.78 is 1.52. The second kappa shape index (κ2) is 8.95. The van der Waals surface area contributed by atoms with Crippen LogP contribution < -0.4 is 16.0 Å². The number of thiazole rings is 1. The standard InChI is InChI=1S/C20H24N6O3S/c1-11(2)22-17(28)10-26-8-7-16(25-26)23-20-21-9-15(30-20)19(29)24-18-12(3)5-6-14(27)13(18)4/h5-9,11,27H,10H2,1-4H3,(H,22,28)(H,24,29)(H,21,23,25). The Balaban J connectivity index is 1.64. The Hall–Kier alpha value is -3.40. The Morgan fingerprint density at radius 1 is 1.23 bits per heavy atom. The third kappa shape index (κ3) is 5.15. The number of phenols is 1. The Labute approximate surface area is 178 Å². The number of hydrogen-bond acceptors (Lipinski definition) is 7. The summed E-state index contributed by atoms with van der Waals surface area (Å²) in [5.41, 5.74) is 2.05. The van der Waals surface area contributed by atoms with Crippen LogP contribution in [0.1, 0.15) is 34.6 Å². The van der Waals surface area contributed by atoms with Crippen molar-refractivity contribution in [2.24, 2.45) is 0 Å². The summed E-state index contributed by atoms with van der Waals surface area (Å²) in [6, 6.07) is 5.14. The van der Waals surface area contributed by atoms with Crippen molar-refractivity contribution < 1.29 is 14.7 Å². The first-order valence-corrected chi connectivity index (χ1v) is 10.2. The van der Waals surface area contributed by atoms with E-state index in [4.69, 9.17) is 0 Å². The summed E-state index contributed by atoms with van der Waals surface area (Å²) >= 11 is 1.18. The number of phenolic OH excluding ortho intramolecular Hbond substituents is 1. The van der Waals surface area contributed by atoms with Crippen LogP contribution in [0.15, 0.2) is 30.6 Å². The molecule has 3 aromatic rings. The zero-order chi connectivity index (χ0) is 21.8. The molecule has 0 spiro atoms. The van der Waals surface area contributed by atoms with Crippen LogP contribution >= 0.6 is 11.3 Å². The maximum absolute atomic E-state index is 12.6. The van der Waals surface area contributed by atoms with Crippen molar-refractivity contribution in [1.82, 2.24) is 20.1 Å². The van der Waals surface area contributed by atoms with Gasteiger partial charge in [0.2, 0.25) is 5.91 Å². The maximum atomic E-state index is 12.6.